The van der Waals surface area contributed by atoms with Crippen LogP contribution in [0.5, 0.6) is 0 Å². The van der Waals surface area contributed by atoms with Crippen molar-refractivity contribution in [2.24, 2.45) is 5.92 Å². The fourth-order valence-electron chi connectivity index (χ4n) is 4.29. The van der Waals surface area contributed by atoms with Crippen LogP contribution in [0.1, 0.15) is 41.4 Å². The van der Waals surface area contributed by atoms with Crippen molar-refractivity contribution in [3.05, 3.63) is 83.6 Å². The zero-order valence-electron chi connectivity index (χ0n) is 19.6. The highest BCUT2D eigenvalue weighted by Crippen LogP contribution is 2.44. The maximum absolute atomic E-state index is 12.8. The predicted molar refractivity (Wildman–Crippen MR) is 131 cm³/mol. The Balaban J connectivity index is 1.41. The Bertz CT molecular complexity index is 1210. The van der Waals surface area contributed by atoms with Crippen molar-refractivity contribution in [1.82, 2.24) is 9.88 Å². The summed E-state index contributed by atoms with van der Waals surface area (Å²) >= 11 is 0. The molecule has 1 heterocycles. The van der Waals surface area contributed by atoms with E-state index >= 15 is 0 Å². The van der Waals surface area contributed by atoms with Gasteiger partial charge in [0.1, 0.15) is 18.1 Å². The number of carbonyl (C=O) groups excluding carboxylic acids is 2. The van der Waals surface area contributed by atoms with Gasteiger partial charge in [-0.1, -0.05) is 61.5 Å². The maximum Gasteiger partial charge on any atom is 0.412 e. The molecule has 0 radical (unpaired) electrons. The Kier molecular flexibility index (Phi) is 7.10. The number of hydrogen-bond donors (Lipinski definition) is 2. The number of aromatic nitrogens is 1. The molecule has 1 atom stereocenters. The van der Waals surface area contributed by atoms with Crippen LogP contribution in [0, 0.1) is 5.92 Å². The highest BCUT2D eigenvalue weighted by molar-refractivity contribution is 5.93. The van der Waals surface area contributed by atoms with Gasteiger partial charge in [0.25, 0.3) is 5.91 Å². The van der Waals surface area contributed by atoms with Gasteiger partial charge >= 0.3 is 12.1 Å². The summed E-state index contributed by atoms with van der Waals surface area (Å²) in [5.74, 6) is -1.98. The summed E-state index contributed by atoms with van der Waals surface area (Å²) < 4.78 is 5.54. The lowest BCUT2D eigenvalue weighted by atomic mass is 9.98. The molecule has 2 N–H and O–H groups in total. The lowest BCUT2D eigenvalue weighted by Crippen LogP contribution is -2.37. The molecule has 0 saturated carbocycles. The average molecular weight is 474 g/mol. The van der Waals surface area contributed by atoms with Crippen molar-refractivity contribution in [3.63, 3.8) is 0 Å². The number of hydrogen-bond acceptors (Lipinski definition) is 5. The minimum Gasteiger partial charge on any atom is -0.481 e. The fourth-order valence-corrected chi connectivity index (χ4v) is 4.29. The van der Waals surface area contributed by atoms with Gasteiger partial charge in [-0.2, -0.15) is 0 Å². The number of carboxylic acids is 1. The number of pyridine rings is 1. The number of fused-ring (bicyclic) bond motifs is 3. The van der Waals surface area contributed by atoms with Gasteiger partial charge in [-0.25, -0.2) is 9.78 Å². The van der Waals surface area contributed by atoms with E-state index in [1.807, 2.05) is 36.4 Å². The topological polar surface area (TPSA) is 109 Å². The lowest BCUT2D eigenvalue weighted by Gasteiger charge is -2.22. The van der Waals surface area contributed by atoms with E-state index in [0.29, 0.717) is 6.54 Å². The predicted octanol–water partition coefficient (Wildman–Crippen LogP) is 4.63. The zero-order chi connectivity index (χ0) is 24.9. The van der Waals surface area contributed by atoms with E-state index in [4.69, 9.17) is 9.84 Å². The van der Waals surface area contributed by atoms with Crippen molar-refractivity contribution in [1.29, 1.82) is 0 Å². The molecule has 1 aromatic heterocycles. The summed E-state index contributed by atoms with van der Waals surface area (Å²) in [7, 11) is 0. The van der Waals surface area contributed by atoms with Crippen molar-refractivity contribution in [2.45, 2.75) is 19.8 Å². The van der Waals surface area contributed by atoms with Crippen molar-refractivity contribution in [3.8, 4) is 11.1 Å². The first kappa shape index (κ1) is 23.9. The van der Waals surface area contributed by atoms with E-state index in [-0.39, 0.29) is 30.6 Å². The summed E-state index contributed by atoms with van der Waals surface area (Å²) in [6, 6.07) is 20.9. The number of benzene rings is 2. The maximum atomic E-state index is 12.8. The Hall–Kier alpha value is -4.20. The van der Waals surface area contributed by atoms with Crippen LogP contribution < -0.4 is 5.32 Å². The van der Waals surface area contributed by atoms with E-state index in [9.17, 15) is 14.4 Å². The second-order valence-electron chi connectivity index (χ2n) is 8.44. The normalized spacial score (nSPS) is 12.9. The second-order valence-corrected chi connectivity index (χ2v) is 8.44. The Labute approximate surface area is 203 Å². The van der Waals surface area contributed by atoms with Gasteiger partial charge < -0.3 is 14.7 Å². The van der Waals surface area contributed by atoms with Crippen LogP contribution in [0.15, 0.2) is 66.7 Å². The summed E-state index contributed by atoms with van der Waals surface area (Å²) in [6.07, 6.45) is -0.671. The molecule has 0 fully saturated rings. The van der Waals surface area contributed by atoms with E-state index in [1.165, 1.54) is 11.0 Å². The van der Waals surface area contributed by atoms with Crippen molar-refractivity contribution in [2.75, 3.05) is 25.0 Å². The van der Waals surface area contributed by atoms with Crippen LogP contribution in [0.25, 0.3) is 11.1 Å². The van der Waals surface area contributed by atoms with Crippen LogP contribution in [-0.2, 0) is 9.53 Å². The smallest absolute Gasteiger partial charge is 0.412 e. The number of carbonyl (C=O) groups is 3. The molecule has 3 aromatic rings. The van der Waals surface area contributed by atoms with Gasteiger partial charge in [0.15, 0.2) is 0 Å². The standard InChI is InChI=1S/C27H27N3O5/c1-3-30(15-17(2)26(32)33)25(31)23-13-8-14-24(28-23)29-27(34)35-16-22-20-11-6-4-9-18(20)19-10-5-7-12-21(19)22/h4-14,17,22H,3,15-16H2,1-2H3,(H,32,33)(H,28,29,34). The summed E-state index contributed by atoms with van der Waals surface area (Å²) in [5, 5.41) is 11.7. The molecule has 0 aliphatic heterocycles. The molecule has 35 heavy (non-hydrogen) atoms. The van der Waals surface area contributed by atoms with Crippen LogP contribution in [0.2, 0.25) is 0 Å². The second kappa shape index (κ2) is 10.4. The third-order valence-corrected chi connectivity index (χ3v) is 6.13. The molecule has 2 amide bonds. The SMILES string of the molecule is CCN(CC(C)C(=O)O)C(=O)c1cccc(NC(=O)OCC2c3ccccc3-c3ccccc32)n1. The van der Waals surface area contributed by atoms with Gasteiger partial charge in [-0.15, -0.1) is 0 Å². The number of aliphatic carboxylic acids is 1. The van der Waals surface area contributed by atoms with Crippen LogP contribution in [0.4, 0.5) is 10.6 Å². The van der Waals surface area contributed by atoms with Crippen molar-refractivity contribution >= 4 is 23.8 Å². The minimum atomic E-state index is -0.977. The number of ether oxygens (including phenoxy) is 1. The molecule has 0 spiro atoms. The quantitative estimate of drug-likeness (QED) is 0.494. The van der Waals surface area contributed by atoms with E-state index in [2.05, 4.69) is 22.4 Å². The number of amides is 2. The molecule has 2 aromatic carbocycles. The Morgan fingerprint density at radius 2 is 1.63 bits per heavy atom. The van der Waals surface area contributed by atoms with Crippen LogP contribution >= 0.6 is 0 Å². The van der Waals surface area contributed by atoms with Crippen LogP contribution in [0.3, 0.4) is 0 Å². The first-order valence-corrected chi connectivity index (χ1v) is 11.5. The van der Waals surface area contributed by atoms with Gasteiger partial charge in [0.05, 0.1) is 5.92 Å². The third kappa shape index (κ3) is 5.16. The molecule has 1 aliphatic rings. The summed E-state index contributed by atoms with van der Waals surface area (Å²) in [4.78, 5) is 42.2. The van der Waals surface area contributed by atoms with Gasteiger partial charge in [-0.05, 0) is 41.3 Å². The molecule has 0 bridgehead atoms. The molecule has 8 nitrogen and oxygen atoms in total. The molecule has 1 aliphatic carbocycles. The van der Waals surface area contributed by atoms with E-state index in [1.54, 1.807) is 26.0 Å². The lowest BCUT2D eigenvalue weighted by molar-refractivity contribution is -0.141. The number of rotatable bonds is 8. The molecule has 180 valence electrons. The molecule has 0 saturated heterocycles. The van der Waals surface area contributed by atoms with Crippen LogP contribution in [-0.4, -0.2) is 52.7 Å². The Morgan fingerprint density at radius 3 is 2.23 bits per heavy atom. The number of nitrogens with zero attached hydrogens (tertiary/aromatic N) is 2. The summed E-state index contributed by atoms with van der Waals surface area (Å²) in [5.41, 5.74) is 4.62. The average Bonchev–Trinajstić information content (AvgIpc) is 3.19. The molecule has 4 rings (SSSR count). The number of anilines is 1. The first-order valence-electron chi connectivity index (χ1n) is 11.5. The Morgan fingerprint density at radius 1 is 1.00 bits per heavy atom. The molecule has 1 unspecified atom stereocenters. The molecule has 8 heteroatoms. The van der Waals surface area contributed by atoms with E-state index < -0.39 is 23.9 Å². The fraction of sp³-hybridized carbons (Fsp3) is 0.259. The van der Waals surface area contributed by atoms with Crippen molar-refractivity contribution < 1.29 is 24.2 Å². The monoisotopic (exact) mass is 473 g/mol. The largest absolute Gasteiger partial charge is 0.481 e. The first-order chi connectivity index (χ1) is 16.9. The molecular formula is C27H27N3O5. The molecular weight excluding hydrogens is 446 g/mol. The van der Waals surface area contributed by atoms with Gasteiger partial charge in [0, 0.05) is 19.0 Å². The van der Waals surface area contributed by atoms with Gasteiger partial charge in [-0.3, -0.25) is 14.9 Å². The zero-order valence-corrected chi connectivity index (χ0v) is 19.6. The minimum absolute atomic E-state index is 0.0659. The number of carboxylic acid groups (broad SMARTS) is 1. The summed E-state index contributed by atoms with van der Waals surface area (Å²) in [6.45, 7) is 3.87. The highest BCUT2D eigenvalue weighted by atomic mass is 16.5. The highest BCUT2D eigenvalue weighted by Gasteiger charge is 2.29. The number of nitrogens with one attached hydrogen (secondary N) is 1. The van der Waals surface area contributed by atoms with E-state index in [0.717, 1.165) is 22.3 Å². The van der Waals surface area contributed by atoms with Gasteiger partial charge in [0.2, 0.25) is 0 Å². The third-order valence-electron chi connectivity index (χ3n) is 6.13.